The molecule has 27 heavy (non-hydrogen) atoms. The fraction of sp³-hybridized carbons (Fsp3) is 0.550. The van der Waals surface area contributed by atoms with Gasteiger partial charge in [-0.1, -0.05) is 18.2 Å². The first-order valence-corrected chi connectivity index (χ1v) is 8.94. The molecule has 0 unspecified atom stereocenters. The van der Waals surface area contributed by atoms with E-state index in [1.807, 2.05) is 25.1 Å². The first kappa shape index (κ1) is 22.6. The Labute approximate surface area is 161 Å². The summed E-state index contributed by atoms with van der Waals surface area (Å²) in [6.45, 7) is 6.07. The maximum atomic E-state index is 12.7. The monoisotopic (exact) mass is 377 g/mol. The normalized spacial score (nSPS) is 11.2. The maximum absolute atomic E-state index is 12.7. The van der Waals surface area contributed by atoms with E-state index in [4.69, 9.17) is 4.74 Å². The van der Waals surface area contributed by atoms with Crippen LogP contribution in [0.25, 0.3) is 0 Å². The maximum Gasteiger partial charge on any atom is 0.326 e. The van der Waals surface area contributed by atoms with Crippen LogP contribution in [0.2, 0.25) is 0 Å². The molecule has 0 atom stereocenters. The van der Waals surface area contributed by atoms with Gasteiger partial charge < -0.3 is 19.4 Å². The molecule has 2 amide bonds. The Morgan fingerprint density at radius 2 is 1.52 bits per heavy atom. The van der Waals surface area contributed by atoms with Gasteiger partial charge in [-0.15, -0.1) is 0 Å². The quantitative estimate of drug-likeness (QED) is 0.642. The second-order valence-electron chi connectivity index (χ2n) is 7.73. The second kappa shape index (κ2) is 10.1. The molecule has 0 heterocycles. The number of likely N-dealkylation sites (N-methyl/N-ethyl adjacent to an activating group) is 2. The summed E-state index contributed by atoms with van der Waals surface area (Å²) in [7, 11) is 5.35. The van der Waals surface area contributed by atoms with Crippen molar-refractivity contribution in [1.29, 1.82) is 0 Å². The Morgan fingerprint density at radius 1 is 0.926 bits per heavy atom. The van der Waals surface area contributed by atoms with E-state index in [2.05, 4.69) is 0 Å². The lowest BCUT2D eigenvalue weighted by molar-refractivity contribution is -0.159. The Bertz CT molecular complexity index is 638. The first-order chi connectivity index (χ1) is 12.5. The second-order valence-corrected chi connectivity index (χ2v) is 7.73. The van der Waals surface area contributed by atoms with Crippen molar-refractivity contribution in [2.75, 3.05) is 47.3 Å². The van der Waals surface area contributed by atoms with Gasteiger partial charge in [0.15, 0.2) is 0 Å². The van der Waals surface area contributed by atoms with Crippen LogP contribution in [0.15, 0.2) is 30.3 Å². The molecule has 7 nitrogen and oxygen atoms in total. The number of benzene rings is 1. The molecule has 150 valence electrons. The van der Waals surface area contributed by atoms with Crippen LogP contribution >= 0.6 is 0 Å². The van der Waals surface area contributed by atoms with Crippen LogP contribution in [0.4, 0.5) is 0 Å². The van der Waals surface area contributed by atoms with E-state index in [9.17, 15) is 14.4 Å². The van der Waals surface area contributed by atoms with Gasteiger partial charge in [-0.3, -0.25) is 14.4 Å². The minimum atomic E-state index is -0.618. The number of esters is 1. The van der Waals surface area contributed by atoms with Crippen LogP contribution < -0.4 is 0 Å². The molecule has 1 aromatic carbocycles. The topological polar surface area (TPSA) is 70.2 Å². The minimum absolute atomic E-state index is 0.107. The van der Waals surface area contributed by atoms with Gasteiger partial charge in [0.25, 0.3) is 5.91 Å². The van der Waals surface area contributed by atoms with Gasteiger partial charge in [0.1, 0.15) is 12.1 Å². The highest BCUT2D eigenvalue weighted by molar-refractivity contribution is 5.96. The van der Waals surface area contributed by atoms with Crippen molar-refractivity contribution in [3.63, 3.8) is 0 Å². The molecule has 0 saturated heterocycles. The Morgan fingerprint density at radius 3 is 2.04 bits per heavy atom. The number of rotatable bonds is 8. The molecule has 0 fully saturated rings. The molecule has 0 bridgehead atoms. The van der Waals surface area contributed by atoms with E-state index in [0.717, 1.165) is 0 Å². The number of carbonyl (C=O) groups is 3. The standard InChI is InChI=1S/C20H31N3O4/c1-20(2,3)27-18(25)15-23(13-12-21(4)5)17(24)14-22(6)19(26)16-10-8-7-9-11-16/h7-11H,12-15H2,1-6H3. The van der Waals surface area contributed by atoms with Gasteiger partial charge in [0.2, 0.25) is 5.91 Å². The SMILES string of the molecule is CN(C)CCN(CC(=O)OC(C)(C)C)C(=O)CN(C)C(=O)c1ccccc1. The van der Waals surface area contributed by atoms with Gasteiger partial charge in [0, 0.05) is 25.7 Å². The number of hydrogen-bond acceptors (Lipinski definition) is 5. The molecule has 0 N–H and O–H groups in total. The van der Waals surface area contributed by atoms with Gasteiger partial charge in [-0.25, -0.2) is 0 Å². The van der Waals surface area contributed by atoms with Crippen LogP contribution in [0.1, 0.15) is 31.1 Å². The zero-order valence-corrected chi connectivity index (χ0v) is 17.2. The van der Waals surface area contributed by atoms with Crippen molar-refractivity contribution < 1.29 is 19.1 Å². The lowest BCUT2D eigenvalue weighted by Crippen LogP contribution is -2.46. The van der Waals surface area contributed by atoms with Gasteiger partial charge in [-0.2, -0.15) is 0 Å². The fourth-order valence-electron chi connectivity index (χ4n) is 2.32. The summed E-state index contributed by atoms with van der Waals surface area (Å²) < 4.78 is 5.32. The smallest absolute Gasteiger partial charge is 0.326 e. The molecular formula is C20H31N3O4. The fourth-order valence-corrected chi connectivity index (χ4v) is 2.32. The lowest BCUT2D eigenvalue weighted by atomic mass is 10.2. The van der Waals surface area contributed by atoms with E-state index in [1.165, 1.54) is 9.80 Å². The number of carbonyl (C=O) groups excluding carboxylic acids is 3. The highest BCUT2D eigenvalue weighted by atomic mass is 16.6. The van der Waals surface area contributed by atoms with E-state index < -0.39 is 11.6 Å². The molecule has 7 heteroatoms. The van der Waals surface area contributed by atoms with Crippen LogP contribution in [-0.4, -0.2) is 85.4 Å². The Balaban J connectivity index is 2.76. The molecule has 1 rings (SSSR count). The molecule has 0 aliphatic carbocycles. The van der Waals surface area contributed by atoms with Crippen molar-refractivity contribution in [3.8, 4) is 0 Å². The van der Waals surface area contributed by atoms with Crippen LogP contribution in [0.3, 0.4) is 0 Å². The van der Waals surface area contributed by atoms with Crippen molar-refractivity contribution in [3.05, 3.63) is 35.9 Å². The summed E-state index contributed by atoms with van der Waals surface area (Å²) in [5.74, 6) is -1.00. The van der Waals surface area contributed by atoms with Crippen molar-refractivity contribution in [2.24, 2.45) is 0 Å². The van der Waals surface area contributed by atoms with Crippen molar-refractivity contribution in [2.45, 2.75) is 26.4 Å². The van der Waals surface area contributed by atoms with Crippen LogP contribution in [0.5, 0.6) is 0 Å². The van der Waals surface area contributed by atoms with E-state index in [1.54, 1.807) is 52.1 Å². The third kappa shape index (κ3) is 8.68. The molecule has 0 spiro atoms. The van der Waals surface area contributed by atoms with E-state index >= 15 is 0 Å². The van der Waals surface area contributed by atoms with Gasteiger partial charge >= 0.3 is 5.97 Å². The Kier molecular flexibility index (Phi) is 8.43. The third-order valence-electron chi connectivity index (χ3n) is 3.65. The van der Waals surface area contributed by atoms with E-state index in [0.29, 0.717) is 18.7 Å². The molecule has 0 radical (unpaired) electrons. The zero-order chi connectivity index (χ0) is 20.6. The zero-order valence-electron chi connectivity index (χ0n) is 17.2. The average Bonchev–Trinajstić information content (AvgIpc) is 2.56. The molecule has 0 aliphatic heterocycles. The lowest BCUT2D eigenvalue weighted by Gasteiger charge is -2.28. The molecule has 0 aliphatic rings. The van der Waals surface area contributed by atoms with Crippen molar-refractivity contribution in [1.82, 2.24) is 14.7 Å². The summed E-state index contributed by atoms with van der Waals surface area (Å²) >= 11 is 0. The summed E-state index contributed by atoms with van der Waals surface area (Å²) in [5, 5.41) is 0. The summed E-state index contributed by atoms with van der Waals surface area (Å²) in [6.07, 6.45) is 0. The average molecular weight is 377 g/mol. The highest BCUT2D eigenvalue weighted by Gasteiger charge is 2.24. The Hall–Kier alpha value is -2.41. The van der Waals surface area contributed by atoms with Crippen LogP contribution in [0, 0.1) is 0 Å². The predicted octanol–water partition coefficient (Wildman–Crippen LogP) is 1.49. The van der Waals surface area contributed by atoms with Gasteiger partial charge in [0.05, 0.1) is 6.54 Å². The number of amides is 2. The largest absolute Gasteiger partial charge is 0.459 e. The van der Waals surface area contributed by atoms with Gasteiger partial charge in [-0.05, 0) is 47.0 Å². The summed E-state index contributed by atoms with van der Waals surface area (Å²) in [6, 6.07) is 8.77. The number of hydrogen-bond donors (Lipinski definition) is 0. The first-order valence-electron chi connectivity index (χ1n) is 8.94. The predicted molar refractivity (Wildman–Crippen MR) is 104 cm³/mol. The third-order valence-corrected chi connectivity index (χ3v) is 3.65. The highest BCUT2D eigenvalue weighted by Crippen LogP contribution is 2.08. The van der Waals surface area contributed by atoms with Crippen LogP contribution in [-0.2, 0) is 14.3 Å². The summed E-state index contributed by atoms with van der Waals surface area (Å²) in [5.41, 5.74) is -0.104. The minimum Gasteiger partial charge on any atom is -0.459 e. The molecule has 0 aromatic heterocycles. The number of nitrogens with zero attached hydrogens (tertiary/aromatic N) is 3. The number of ether oxygens (including phenoxy) is 1. The van der Waals surface area contributed by atoms with E-state index in [-0.39, 0.29) is 24.9 Å². The molecule has 0 saturated carbocycles. The molecule has 1 aromatic rings. The summed E-state index contributed by atoms with van der Waals surface area (Å²) in [4.78, 5) is 42.0. The van der Waals surface area contributed by atoms with Crippen molar-refractivity contribution >= 4 is 17.8 Å². The molecular weight excluding hydrogens is 346 g/mol.